The Hall–Kier alpha value is -1.00. The van der Waals surface area contributed by atoms with Gasteiger partial charge < -0.3 is 5.11 Å². The molecule has 1 saturated heterocycles. The Morgan fingerprint density at radius 1 is 1.47 bits per heavy atom. The summed E-state index contributed by atoms with van der Waals surface area (Å²) >= 11 is 1.86. The maximum atomic E-state index is 11.0. The van der Waals surface area contributed by atoms with Crippen LogP contribution in [0.25, 0.3) is 0 Å². The molecule has 2 rings (SSSR count). The first kappa shape index (κ1) is 14.4. The van der Waals surface area contributed by atoms with E-state index >= 15 is 0 Å². The van der Waals surface area contributed by atoms with Crippen molar-refractivity contribution in [2.24, 2.45) is 0 Å². The lowest BCUT2D eigenvalue weighted by Gasteiger charge is -2.35. The van der Waals surface area contributed by atoms with Crippen LogP contribution in [-0.4, -0.2) is 40.1 Å². The molecule has 1 aromatic carbocycles. The number of carboxylic acids is 1. The molecule has 1 aliphatic rings. The summed E-state index contributed by atoms with van der Waals surface area (Å²) in [5, 5.41) is 9.01. The minimum atomic E-state index is -0.696. The number of thioether (sulfide) groups is 1. The fraction of sp³-hybridized carbons (Fsp3) is 0.533. The van der Waals surface area contributed by atoms with Crippen molar-refractivity contribution in [1.82, 2.24) is 4.90 Å². The summed E-state index contributed by atoms with van der Waals surface area (Å²) in [4.78, 5) is 13.3. The average molecular weight is 279 g/mol. The highest BCUT2D eigenvalue weighted by Crippen LogP contribution is 2.23. The zero-order valence-corrected chi connectivity index (χ0v) is 12.4. The van der Waals surface area contributed by atoms with E-state index in [1.165, 1.54) is 16.7 Å². The monoisotopic (exact) mass is 279 g/mol. The predicted molar refractivity (Wildman–Crippen MR) is 79.7 cm³/mol. The molecule has 1 unspecified atom stereocenters. The molecule has 0 spiro atoms. The molecule has 1 atom stereocenters. The van der Waals surface area contributed by atoms with E-state index in [4.69, 9.17) is 5.11 Å². The van der Waals surface area contributed by atoms with Crippen molar-refractivity contribution in [1.29, 1.82) is 0 Å². The van der Waals surface area contributed by atoms with Gasteiger partial charge in [0.15, 0.2) is 0 Å². The van der Waals surface area contributed by atoms with Crippen LogP contribution in [0.2, 0.25) is 0 Å². The molecule has 1 N–H and O–H groups in total. The lowest BCUT2D eigenvalue weighted by Crippen LogP contribution is -2.43. The van der Waals surface area contributed by atoms with Crippen molar-refractivity contribution in [3.63, 3.8) is 0 Å². The third-order valence-corrected chi connectivity index (χ3v) is 4.94. The summed E-state index contributed by atoms with van der Waals surface area (Å²) in [6.07, 6.45) is 0.248. The largest absolute Gasteiger partial charge is 0.481 e. The second kappa shape index (κ2) is 6.44. The summed E-state index contributed by atoms with van der Waals surface area (Å²) in [6, 6.07) is 6.53. The lowest BCUT2D eigenvalue weighted by atomic mass is 10.0. The zero-order valence-electron chi connectivity index (χ0n) is 11.6. The van der Waals surface area contributed by atoms with Crippen molar-refractivity contribution < 1.29 is 9.90 Å². The highest BCUT2D eigenvalue weighted by Gasteiger charge is 2.25. The van der Waals surface area contributed by atoms with Crippen LogP contribution in [0.3, 0.4) is 0 Å². The number of carboxylic acid groups (broad SMARTS) is 1. The van der Waals surface area contributed by atoms with E-state index in [0.29, 0.717) is 0 Å². The van der Waals surface area contributed by atoms with Crippen LogP contribution < -0.4 is 0 Å². The second-order valence-electron chi connectivity index (χ2n) is 5.16. The van der Waals surface area contributed by atoms with Gasteiger partial charge in [-0.2, -0.15) is 11.8 Å². The van der Waals surface area contributed by atoms with Gasteiger partial charge in [0.2, 0.25) is 0 Å². The highest BCUT2D eigenvalue weighted by molar-refractivity contribution is 7.99. The van der Waals surface area contributed by atoms with Gasteiger partial charge in [0.1, 0.15) is 0 Å². The van der Waals surface area contributed by atoms with Gasteiger partial charge in [-0.05, 0) is 30.5 Å². The van der Waals surface area contributed by atoms with Gasteiger partial charge in [0.05, 0.1) is 6.42 Å². The Bertz CT molecular complexity index is 461. The number of hydrogen-bond acceptors (Lipinski definition) is 3. The third kappa shape index (κ3) is 3.74. The van der Waals surface area contributed by atoms with Gasteiger partial charge in [-0.15, -0.1) is 0 Å². The van der Waals surface area contributed by atoms with Gasteiger partial charge in [-0.3, -0.25) is 9.69 Å². The van der Waals surface area contributed by atoms with E-state index in [9.17, 15) is 4.79 Å². The predicted octanol–water partition coefficient (Wildman–Crippen LogP) is 2.70. The number of rotatable bonds is 4. The van der Waals surface area contributed by atoms with E-state index in [-0.39, 0.29) is 12.5 Å². The number of aryl methyl sites for hydroxylation is 1. The van der Waals surface area contributed by atoms with Crippen molar-refractivity contribution >= 4 is 17.7 Å². The normalized spacial score (nSPS) is 20.4. The average Bonchev–Trinajstić information content (AvgIpc) is 2.36. The molecular weight excluding hydrogens is 258 g/mol. The summed E-state index contributed by atoms with van der Waals surface area (Å²) < 4.78 is 0. The zero-order chi connectivity index (χ0) is 13.8. The molecule has 19 heavy (non-hydrogen) atoms. The fourth-order valence-electron chi connectivity index (χ4n) is 2.49. The number of benzene rings is 1. The molecule has 0 saturated carbocycles. The smallest absolute Gasteiger partial charge is 0.304 e. The first-order valence-corrected chi connectivity index (χ1v) is 7.82. The molecule has 0 bridgehead atoms. The fourth-order valence-corrected chi connectivity index (χ4v) is 3.62. The van der Waals surface area contributed by atoms with Gasteiger partial charge in [0.25, 0.3) is 0 Å². The van der Waals surface area contributed by atoms with Crippen molar-refractivity contribution in [2.45, 2.75) is 32.9 Å². The molecule has 3 nitrogen and oxygen atoms in total. The molecule has 104 valence electrons. The Morgan fingerprint density at radius 2 is 2.26 bits per heavy atom. The highest BCUT2D eigenvalue weighted by atomic mass is 32.2. The summed E-state index contributed by atoms with van der Waals surface area (Å²) in [7, 11) is 0. The van der Waals surface area contributed by atoms with Crippen molar-refractivity contribution in [3.05, 3.63) is 34.9 Å². The van der Waals surface area contributed by atoms with Gasteiger partial charge in [-0.25, -0.2) is 0 Å². The molecule has 1 aliphatic heterocycles. The number of nitrogens with zero attached hydrogens (tertiary/aromatic N) is 1. The van der Waals surface area contributed by atoms with E-state index in [0.717, 1.165) is 24.6 Å². The maximum Gasteiger partial charge on any atom is 0.304 e. The Kier molecular flexibility index (Phi) is 4.88. The van der Waals surface area contributed by atoms with Crippen LogP contribution in [0.4, 0.5) is 0 Å². The summed E-state index contributed by atoms with van der Waals surface area (Å²) in [5.74, 6) is 1.33. The van der Waals surface area contributed by atoms with E-state index in [1.807, 2.05) is 11.8 Å². The van der Waals surface area contributed by atoms with Crippen LogP contribution in [0.1, 0.15) is 23.1 Å². The number of hydrogen-bond donors (Lipinski definition) is 1. The van der Waals surface area contributed by atoms with Crippen LogP contribution in [0, 0.1) is 13.8 Å². The van der Waals surface area contributed by atoms with E-state index in [1.54, 1.807) is 0 Å². The van der Waals surface area contributed by atoms with Crippen LogP contribution in [0.15, 0.2) is 18.2 Å². The van der Waals surface area contributed by atoms with Crippen LogP contribution in [-0.2, 0) is 11.3 Å². The Morgan fingerprint density at radius 3 is 3.00 bits per heavy atom. The molecule has 1 heterocycles. The number of carbonyl (C=O) groups is 1. The topological polar surface area (TPSA) is 40.5 Å². The second-order valence-corrected chi connectivity index (χ2v) is 6.31. The molecule has 0 amide bonds. The van der Waals surface area contributed by atoms with E-state index in [2.05, 4.69) is 36.9 Å². The molecule has 4 heteroatoms. The third-order valence-electron chi connectivity index (χ3n) is 3.85. The van der Waals surface area contributed by atoms with Crippen LogP contribution >= 0.6 is 11.8 Å². The van der Waals surface area contributed by atoms with Gasteiger partial charge in [-0.1, -0.05) is 18.2 Å². The summed E-state index contributed by atoms with van der Waals surface area (Å²) in [5.41, 5.74) is 3.95. The maximum absolute atomic E-state index is 11.0. The minimum absolute atomic E-state index is 0.163. The molecule has 0 aromatic heterocycles. The van der Waals surface area contributed by atoms with Crippen LogP contribution in [0.5, 0.6) is 0 Å². The van der Waals surface area contributed by atoms with Crippen molar-refractivity contribution in [3.8, 4) is 0 Å². The first-order valence-electron chi connectivity index (χ1n) is 6.66. The standard InChI is InChI=1S/C15H21NO2S/c1-11-4-3-5-13(12(11)2)9-16-6-7-19-10-14(16)8-15(17)18/h3-5,14H,6-10H2,1-2H3,(H,17,18). The number of aliphatic carboxylic acids is 1. The SMILES string of the molecule is Cc1cccc(CN2CCSCC2CC(=O)O)c1C. The molecular formula is C15H21NO2S. The molecule has 1 fully saturated rings. The first-order chi connectivity index (χ1) is 9.08. The molecule has 1 aromatic rings. The van der Waals surface area contributed by atoms with Crippen molar-refractivity contribution in [2.75, 3.05) is 18.1 Å². The quantitative estimate of drug-likeness (QED) is 0.920. The molecule has 0 radical (unpaired) electrons. The van der Waals surface area contributed by atoms with E-state index < -0.39 is 5.97 Å². The minimum Gasteiger partial charge on any atom is -0.481 e. The Labute approximate surface area is 119 Å². The van der Waals surface area contributed by atoms with Gasteiger partial charge >= 0.3 is 5.97 Å². The molecule has 0 aliphatic carbocycles. The summed E-state index contributed by atoms with van der Waals surface area (Å²) in [6.45, 7) is 6.12. The Balaban J connectivity index is 2.10. The van der Waals surface area contributed by atoms with Gasteiger partial charge in [0, 0.05) is 30.6 Å². The lowest BCUT2D eigenvalue weighted by molar-refractivity contribution is -0.138.